The van der Waals surface area contributed by atoms with Gasteiger partial charge in [0.25, 0.3) is 0 Å². The number of azide groups is 1. The summed E-state index contributed by atoms with van der Waals surface area (Å²) in [6.45, 7) is 0. The molecule has 0 amide bonds. The third kappa shape index (κ3) is 9.07. The van der Waals surface area contributed by atoms with Gasteiger partial charge in [-0.2, -0.15) is 0 Å². The third-order valence-electron chi connectivity index (χ3n) is 5.10. The van der Waals surface area contributed by atoms with Crippen molar-refractivity contribution >= 4 is 18.2 Å². The zero-order valence-electron chi connectivity index (χ0n) is 17.5. The van der Waals surface area contributed by atoms with E-state index in [0.29, 0.717) is 6.42 Å². The van der Waals surface area contributed by atoms with Crippen molar-refractivity contribution < 1.29 is 23.9 Å². The molecule has 1 aromatic carbocycles. The Morgan fingerprint density at radius 1 is 1.03 bits per heavy atom. The number of hydrogen-bond acceptors (Lipinski definition) is 7. The summed E-state index contributed by atoms with van der Waals surface area (Å²) < 4.78 is 9.17. The summed E-state index contributed by atoms with van der Waals surface area (Å²) in [6.07, 6.45) is 5.69. The summed E-state index contributed by atoms with van der Waals surface area (Å²) in [4.78, 5) is 34.6. The first kappa shape index (κ1) is 25.1. The average molecular weight is 418 g/mol. The second kappa shape index (κ2) is 14.1. The van der Waals surface area contributed by atoms with Crippen molar-refractivity contribution in [3.63, 3.8) is 0 Å². The Labute approximate surface area is 176 Å². The minimum absolute atomic E-state index is 0.0147. The Morgan fingerprint density at radius 3 is 2.03 bits per heavy atom. The molecule has 0 saturated heterocycles. The highest BCUT2D eigenvalue weighted by Crippen LogP contribution is 2.28. The second-order valence-electron chi connectivity index (χ2n) is 7.21. The Kier molecular flexibility index (Phi) is 11.8. The summed E-state index contributed by atoms with van der Waals surface area (Å²) in [5.41, 5.74) is 14.5. The molecule has 3 rings (SSSR count). The number of benzene rings is 1. The predicted octanol–water partition coefficient (Wildman–Crippen LogP) is 3.42. The minimum atomic E-state index is -0.189. The molecule has 4 atom stereocenters. The molecule has 0 heterocycles. The van der Waals surface area contributed by atoms with Crippen molar-refractivity contribution in [2.75, 3.05) is 14.2 Å². The molecule has 0 aliphatic heterocycles. The van der Waals surface area contributed by atoms with Crippen LogP contribution in [0.4, 0.5) is 0 Å². The normalized spacial score (nSPS) is 24.1. The lowest BCUT2D eigenvalue weighted by molar-refractivity contribution is -0.146. The number of rotatable bonds is 4. The molecule has 9 nitrogen and oxygen atoms in total. The summed E-state index contributed by atoms with van der Waals surface area (Å²) >= 11 is 0. The number of ether oxygens (including phenoxy) is 2. The molecule has 0 radical (unpaired) electrons. The highest BCUT2D eigenvalue weighted by Gasteiger charge is 2.29. The van der Waals surface area contributed by atoms with Gasteiger partial charge in [-0.15, -0.1) is 0 Å². The number of nitrogens with two attached hydrogens (primary N) is 1. The topological polar surface area (TPSA) is 144 Å². The van der Waals surface area contributed by atoms with Crippen LogP contribution in [0.1, 0.15) is 48.9 Å². The van der Waals surface area contributed by atoms with Gasteiger partial charge in [0.2, 0.25) is 0 Å². The Hall–Kier alpha value is -2.90. The van der Waals surface area contributed by atoms with Crippen molar-refractivity contribution in [1.82, 2.24) is 0 Å². The molecule has 0 aromatic heterocycles. The van der Waals surface area contributed by atoms with Gasteiger partial charge in [-0.3, -0.25) is 14.4 Å². The monoisotopic (exact) mass is 418 g/mol. The van der Waals surface area contributed by atoms with Crippen molar-refractivity contribution in [2.45, 2.75) is 50.6 Å². The highest BCUT2D eigenvalue weighted by atomic mass is 16.5. The first-order valence-corrected chi connectivity index (χ1v) is 9.90. The first-order chi connectivity index (χ1) is 14.4. The van der Waals surface area contributed by atoms with Crippen LogP contribution in [0.15, 0.2) is 35.4 Å². The fourth-order valence-electron chi connectivity index (χ4n) is 3.45. The van der Waals surface area contributed by atoms with Crippen molar-refractivity contribution in [2.24, 2.45) is 22.7 Å². The molecule has 2 unspecified atom stereocenters. The maximum atomic E-state index is 11.0. The number of carbonyl (C=O) groups is 3. The maximum absolute atomic E-state index is 11.0. The maximum Gasteiger partial charge on any atom is 0.308 e. The summed E-state index contributed by atoms with van der Waals surface area (Å²) in [6, 6.07) is 9.30. The van der Waals surface area contributed by atoms with E-state index in [1.165, 1.54) is 14.2 Å². The Bertz CT molecular complexity index is 721. The van der Waals surface area contributed by atoms with Crippen LogP contribution < -0.4 is 5.73 Å². The van der Waals surface area contributed by atoms with Gasteiger partial charge in [0.1, 0.15) is 6.29 Å². The van der Waals surface area contributed by atoms with Gasteiger partial charge in [-0.05, 0) is 44.1 Å². The molecule has 30 heavy (non-hydrogen) atoms. The van der Waals surface area contributed by atoms with Crippen LogP contribution in [-0.4, -0.2) is 44.5 Å². The number of nitrogens with zero attached hydrogens (tertiary/aromatic N) is 3. The van der Waals surface area contributed by atoms with Crippen LogP contribution in [0.2, 0.25) is 0 Å². The van der Waals surface area contributed by atoms with E-state index in [1.807, 2.05) is 18.2 Å². The Balaban J connectivity index is 0.000000230. The van der Waals surface area contributed by atoms with Crippen molar-refractivity contribution in [3.05, 3.63) is 46.3 Å². The molecule has 1 aromatic rings. The van der Waals surface area contributed by atoms with Gasteiger partial charge >= 0.3 is 11.9 Å². The average Bonchev–Trinajstić information content (AvgIpc) is 3.43. The van der Waals surface area contributed by atoms with Crippen molar-refractivity contribution in [1.29, 1.82) is 0 Å². The summed E-state index contributed by atoms with van der Waals surface area (Å²) in [5.74, 6) is -0.288. The van der Waals surface area contributed by atoms with Crippen LogP contribution in [-0.2, 0) is 19.1 Å². The van der Waals surface area contributed by atoms with Gasteiger partial charge < -0.3 is 15.2 Å². The van der Waals surface area contributed by atoms with E-state index < -0.39 is 0 Å². The fraction of sp³-hybridized carbons (Fsp3) is 0.571. The van der Waals surface area contributed by atoms with Crippen LogP contribution in [0, 0.1) is 11.8 Å². The molecule has 2 fully saturated rings. The quantitative estimate of drug-likeness (QED) is 0.261. The minimum Gasteiger partial charge on any atom is -0.469 e. The molecule has 2 aliphatic rings. The predicted molar refractivity (Wildman–Crippen MR) is 111 cm³/mol. The number of aldehydes is 1. The van der Waals surface area contributed by atoms with E-state index >= 15 is 0 Å². The molecular weight excluding hydrogens is 388 g/mol. The second-order valence-corrected chi connectivity index (χ2v) is 7.21. The molecule has 0 spiro atoms. The molecular formula is C21H30N4O5. The highest BCUT2D eigenvalue weighted by molar-refractivity contribution is 5.74. The number of methoxy groups -OCH3 is 2. The molecule has 9 heteroatoms. The molecule has 2 aliphatic carbocycles. The molecule has 2 saturated carbocycles. The SMILES string of the molecule is COC(=O)[C@H]1CCC(N)C1.COC(=O)[C@H]1CCC(N=[N+]=[N-])C1.O=Cc1ccccc1. The summed E-state index contributed by atoms with van der Waals surface area (Å²) in [5, 5.41) is 3.56. The molecule has 2 N–H and O–H groups in total. The van der Waals surface area contributed by atoms with Gasteiger partial charge in [-0.1, -0.05) is 35.4 Å². The fourth-order valence-corrected chi connectivity index (χ4v) is 3.45. The first-order valence-electron chi connectivity index (χ1n) is 9.90. The largest absolute Gasteiger partial charge is 0.469 e. The standard InChI is InChI=1S/C7H11N3O2.C7H13NO2.C7H6O/c1-12-7(11)5-2-3-6(4-5)9-10-8;1-10-7(9)5-2-3-6(8)4-5;8-6-7-4-2-1-3-5-7/h5-6H,2-4H2,1H3;5-6H,2-4,8H2,1H3;1-6H/t2*5-,6?;/m00./s1. The van der Waals surface area contributed by atoms with Crippen LogP contribution in [0.5, 0.6) is 0 Å². The lowest BCUT2D eigenvalue weighted by Crippen LogP contribution is -2.18. The van der Waals surface area contributed by atoms with E-state index in [9.17, 15) is 14.4 Å². The third-order valence-corrected chi connectivity index (χ3v) is 5.10. The van der Waals surface area contributed by atoms with E-state index in [2.05, 4.69) is 19.5 Å². The van der Waals surface area contributed by atoms with E-state index in [1.54, 1.807) is 12.1 Å². The number of esters is 2. The lowest BCUT2D eigenvalue weighted by Gasteiger charge is -2.04. The molecule has 164 valence electrons. The van der Waals surface area contributed by atoms with E-state index in [4.69, 9.17) is 11.3 Å². The van der Waals surface area contributed by atoms with Gasteiger partial charge in [0.05, 0.1) is 26.1 Å². The van der Waals surface area contributed by atoms with Crippen molar-refractivity contribution in [3.8, 4) is 0 Å². The van der Waals surface area contributed by atoms with Crippen LogP contribution in [0.25, 0.3) is 10.4 Å². The smallest absolute Gasteiger partial charge is 0.308 e. The molecule has 0 bridgehead atoms. The van der Waals surface area contributed by atoms with Gasteiger partial charge in [0, 0.05) is 22.6 Å². The zero-order chi connectivity index (χ0) is 22.4. The van der Waals surface area contributed by atoms with E-state index in [0.717, 1.165) is 44.0 Å². The zero-order valence-corrected chi connectivity index (χ0v) is 17.5. The Morgan fingerprint density at radius 2 is 1.60 bits per heavy atom. The number of carbonyl (C=O) groups excluding carboxylic acids is 3. The lowest BCUT2D eigenvalue weighted by atomic mass is 10.1. The van der Waals surface area contributed by atoms with Gasteiger partial charge in [-0.25, -0.2) is 0 Å². The van der Waals surface area contributed by atoms with E-state index in [-0.39, 0.29) is 35.9 Å². The van der Waals surface area contributed by atoms with Gasteiger partial charge in [0.15, 0.2) is 0 Å². The van der Waals surface area contributed by atoms with Crippen LogP contribution >= 0.6 is 0 Å². The summed E-state index contributed by atoms with van der Waals surface area (Å²) in [7, 11) is 2.80. The van der Waals surface area contributed by atoms with Crippen LogP contribution in [0.3, 0.4) is 0 Å². The number of hydrogen-bond donors (Lipinski definition) is 1.